The molecule has 320 valence electrons. The van der Waals surface area contributed by atoms with Crippen LogP contribution in [0.4, 0.5) is 11.4 Å². The van der Waals surface area contributed by atoms with E-state index >= 15 is 0 Å². The zero-order valence-corrected chi connectivity index (χ0v) is 46.6. The number of ketones is 1. The number of aliphatic carboxylic acids is 1. The van der Waals surface area contributed by atoms with Gasteiger partial charge in [-0.15, -0.1) is 0 Å². The number of Topliss-reactive ketones (excluding diaryl/α,β-unsaturated/α-hetero) is 1. The maximum Gasteiger partial charge on any atom is 1.00 e. The molecule has 0 fully saturated rings. The number of carbonyl (C=O) groups is 2. The monoisotopic (exact) mass is 978 g/mol. The van der Waals surface area contributed by atoms with Gasteiger partial charge < -0.3 is 27.1 Å². The van der Waals surface area contributed by atoms with Gasteiger partial charge in [0.15, 0.2) is 11.5 Å². The van der Waals surface area contributed by atoms with E-state index in [-0.39, 0.29) is 195 Å². The Kier molecular flexibility index (Phi) is 21.4. The summed E-state index contributed by atoms with van der Waals surface area (Å²) in [6.07, 6.45) is 2.56. The number of carboxylic acids is 1. The Bertz CT molecular complexity index is 2710. The minimum atomic E-state index is -4.91. The molecule has 0 amide bonds. The van der Waals surface area contributed by atoms with Crippen molar-refractivity contribution < 1.29 is 197 Å². The summed E-state index contributed by atoms with van der Waals surface area (Å²) in [7, 11) is -18.7. The molecule has 2 heterocycles. The van der Waals surface area contributed by atoms with Gasteiger partial charge in [-0.2, -0.15) is 21.4 Å². The van der Waals surface area contributed by atoms with Gasteiger partial charge in [-0.25, -0.2) is 16.8 Å². The molecule has 0 saturated carbocycles. The van der Waals surface area contributed by atoms with E-state index in [4.69, 9.17) is 0 Å². The molecule has 3 N–H and O–H groups in total. The van der Waals surface area contributed by atoms with E-state index in [0.29, 0.717) is 22.5 Å². The predicted octanol–water partition coefficient (Wildman–Crippen LogP) is -9.90. The summed E-state index contributed by atoms with van der Waals surface area (Å²) in [6.45, 7) is 4.67. The summed E-state index contributed by atoms with van der Waals surface area (Å²) in [5, 5.41) is 23.2. The Morgan fingerprint density at radius 1 is 0.823 bits per heavy atom. The van der Waals surface area contributed by atoms with Crippen LogP contribution in [-0.2, 0) is 60.9 Å². The minimum absolute atomic E-state index is 0. The molecule has 0 unspecified atom stereocenters. The van der Waals surface area contributed by atoms with Gasteiger partial charge in [-0.3, -0.25) is 18.7 Å². The van der Waals surface area contributed by atoms with E-state index in [1.807, 2.05) is 0 Å². The summed E-state index contributed by atoms with van der Waals surface area (Å²) in [5.41, 5.74) is -1.31. The second kappa shape index (κ2) is 22.2. The second-order valence-electron chi connectivity index (χ2n) is 14.9. The molecule has 2 aromatic rings. The third-order valence-electron chi connectivity index (χ3n) is 10.6. The largest absolute Gasteiger partial charge is 1.00 e. The van der Waals surface area contributed by atoms with Gasteiger partial charge in [0.05, 0.1) is 31.1 Å². The molecule has 3 aliphatic rings. The Morgan fingerprint density at radius 2 is 1.42 bits per heavy atom. The van der Waals surface area contributed by atoms with Gasteiger partial charge >= 0.3 is 124 Å². The molecular weight excluding hydrogens is 937 g/mol. The molecule has 26 heteroatoms. The molecule has 0 saturated heterocycles. The fraction of sp³-hybridized carbons (Fsp3) is 0.417. The molecule has 0 aromatic heterocycles. The Balaban J connectivity index is 0. The van der Waals surface area contributed by atoms with Crippen LogP contribution in [0.25, 0.3) is 0 Å². The van der Waals surface area contributed by atoms with Crippen LogP contribution < -0.4 is 128 Å². The van der Waals surface area contributed by atoms with E-state index in [9.17, 15) is 71.7 Å². The summed E-state index contributed by atoms with van der Waals surface area (Å²) in [4.78, 5) is 25.8. The standard InChI is InChI=1S/C36H42N2O16S4.4Na.2H/c1-35(2)26-18-22(57(49,50)51)9-11-28(26)37(14-6-16-55(43,44)45)30(35)20-24-33(41)25(34(24)42)21-31-36(3,13-5-4-8-32(39)40)27-19-23(58(52,53)54)10-12-29(27)38(31)15-7-17-56(46,47)48;;;;;;/h9-12,18-21H,4-8,13-17H2,1-3H3,(H5-,39,40,41,42,43,44,45,46,47,48,49,50,51,52,53,54);;;;;;/q;4*+1;2*-1/p-2/t36-;;;;;;/m1....../s1. The van der Waals surface area contributed by atoms with E-state index < -0.39 is 90.1 Å². The minimum Gasteiger partial charge on any atom is -1.00 e. The predicted molar refractivity (Wildman–Crippen MR) is 205 cm³/mol. The summed E-state index contributed by atoms with van der Waals surface area (Å²) >= 11 is 0. The van der Waals surface area contributed by atoms with E-state index in [2.05, 4.69) is 0 Å². The molecule has 0 spiro atoms. The fourth-order valence-electron chi connectivity index (χ4n) is 7.70. The van der Waals surface area contributed by atoms with Gasteiger partial charge in [0, 0.05) is 70.8 Å². The Labute approximate surface area is 452 Å². The first-order valence-corrected chi connectivity index (χ1v) is 23.8. The third-order valence-corrected chi connectivity index (χ3v) is 13.9. The van der Waals surface area contributed by atoms with Crippen molar-refractivity contribution in [2.45, 2.75) is 79.9 Å². The van der Waals surface area contributed by atoms with Crippen LogP contribution >= 0.6 is 0 Å². The van der Waals surface area contributed by atoms with Crippen molar-refractivity contribution in [1.82, 2.24) is 0 Å². The molecule has 2 aliphatic heterocycles. The number of nitrogens with zero attached hydrogens (tertiary/aromatic N) is 2. The second-order valence-corrected chi connectivity index (χ2v) is 20.8. The first kappa shape index (κ1) is 59.7. The molecule has 1 aliphatic carbocycles. The quantitative estimate of drug-likeness (QED) is 0.0436. The summed E-state index contributed by atoms with van der Waals surface area (Å²) in [6, 6.07) is 7.19. The van der Waals surface area contributed by atoms with E-state index in [0.717, 1.165) is 18.2 Å². The van der Waals surface area contributed by atoms with Crippen molar-refractivity contribution in [3.63, 3.8) is 0 Å². The van der Waals surface area contributed by atoms with Crippen molar-refractivity contribution >= 4 is 69.3 Å². The van der Waals surface area contributed by atoms with Gasteiger partial charge in [-0.05, 0) is 82.0 Å². The van der Waals surface area contributed by atoms with Gasteiger partial charge in [0.25, 0.3) is 20.2 Å². The first-order chi connectivity index (χ1) is 26.6. The third kappa shape index (κ3) is 13.4. The average Bonchev–Trinajstić information content (AvgIpc) is 3.44. The van der Waals surface area contributed by atoms with Crippen LogP contribution in [0.1, 0.15) is 73.3 Å². The molecular formula is C36H42N2Na4O16S4. The fourth-order valence-corrected chi connectivity index (χ4v) is 9.68. The van der Waals surface area contributed by atoms with Crippen molar-refractivity contribution in [3.8, 4) is 0 Å². The van der Waals surface area contributed by atoms with E-state index in [1.54, 1.807) is 25.7 Å². The number of benzene rings is 2. The van der Waals surface area contributed by atoms with E-state index in [1.165, 1.54) is 34.9 Å². The van der Waals surface area contributed by atoms with Crippen molar-refractivity contribution in [2.75, 3.05) is 29.5 Å². The summed E-state index contributed by atoms with van der Waals surface area (Å²) < 4.78 is 138. The molecule has 0 bridgehead atoms. The number of hydrogen-bond acceptors (Lipinski definition) is 14. The molecule has 18 nitrogen and oxygen atoms in total. The van der Waals surface area contributed by atoms with Gasteiger partial charge in [0.1, 0.15) is 16.7 Å². The van der Waals surface area contributed by atoms with Crippen LogP contribution in [0.5, 0.6) is 0 Å². The topological polar surface area (TPSA) is 307 Å². The average molecular weight is 979 g/mol. The molecule has 0 radical (unpaired) electrons. The van der Waals surface area contributed by atoms with Crippen LogP contribution in [0, 0.1) is 0 Å². The Hall–Kier alpha value is -0.290. The summed E-state index contributed by atoms with van der Waals surface area (Å²) in [5.74, 6) is -4.03. The smallest absolute Gasteiger partial charge is 1.00 e. The zero-order valence-electron chi connectivity index (χ0n) is 37.4. The van der Waals surface area contributed by atoms with Crippen molar-refractivity contribution in [2.24, 2.45) is 0 Å². The van der Waals surface area contributed by atoms with Gasteiger partial charge in [0.2, 0.25) is 5.69 Å². The maximum absolute atomic E-state index is 14.0. The SMILES string of the molecule is CC1(C)C(C=C2C(=O)C(C=C3N(CCCS(=O)(=O)O)c4ccc(S(=O)(=O)O)cc4[C@@]3(C)CCCCC(=O)O)=C2[O-])=[N+](CCCS(=O)(=O)[O-])c2ccc(S(=O)(=O)[O-])cc21.[H-].[H-].[Na+].[Na+].[Na+].[Na+]. The van der Waals surface area contributed by atoms with Crippen LogP contribution in [-0.4, -0.2) is 104 Å². The molecule has 2 aromatic carbocycles. The van der Waals surface area contributed by atoms with Crippen LogP contribution in [0.3, 0.4) is 0 Å². The Morgan fingerprint density at radius 3 is 1.95 bits per heavy atom. The number of unbranched alkanes of at least 4 members (excludes halogenated alkanes) is 1. The van der Waals surface area contributed by atoms with Gasteiger partial charge in [-0.1, -0.05) is 12.2 Å². The van der Waals surface area contributed by atoms with Crippen molar-refractivity contribution in [3.05, 3.63) is 82.3 Å². The zero-order chi connectivity index (χ0) is 43.4. The number of hydrogen-bond donors (Lipinski definition) is 3. The normalized spacial score (nSPS) is 19.5. The molecule has 62 heavy (non-hydrogen) atoms. The number of rotatable bonds is 17. The van der Waals surface area contributed by atoms with Crippen molar-refractivity contribution in [1.29, 1.82) is 0 Å². The number of anilines is 1. The maximum atomic E-state index is 14.0. The molecule has 1 atom stereocenters. The number of carbonyl (C=O) groups excluding carboxylic acids is 1. The molecule has 5 rings (SSSR count). The van der Waals surface area contributed by atoms with Crippen LogP contribution in [0.15, 0.2) is 80.9 Å². The van der Waals surface area contributed by atoms with Crippen LogP contribution in [0.2, 0.25) is 0 Å². The number of fused-ring (bicyclic) bond motifs is 2. The number of allylic oxidation sites excluding steroid dienone is 5. The number of carboxylic acid groups (broad SMARTS) is 1. The first-order valence-electron chi connectivity index (χ1n) is 17.7.